The minimum absolute atomic E-state index is 0.0185. The number of hydrogen-bond acceptors (Lipinski definition) is 6. The molecule has 2 aliphatic rings. The first-order chi connectivity index (χ1) is 15.1. The van der Waals surface area contributed by atoms with Crippen molar-refractivity contribution >= 4 is 23.2 Å². The third-order valence-corrected chi connectivity index (χ3v) is 6.55. The van der Waals surface area contributed by atoms with E-state index in [4.69, 9.17) is 4.74 Å². The van der Waals surface area contributed by atoms with Gasteiger partial charge in [0.15, 0.2) is 5.69 Å². The lowest BCUT2D eigenvalue weighted by Gasteiger charge is -2.34. The van der Waals surface area contributed by atoms with Gasteiger partial charge in [-0.1, -0.05) is 35.0 Å². The van der Waals surface area contributed by atoms with Crippen LogP contribution in [-0.4, -0.2) is 62.8 Å². The SMILES string of the molecule is Cc1ccc([C@H]2Cn3nnc(C(=O)N4CCN(C(=O)c5ccsc5)CC4)c3CO2)cc1. The van der Waals surface area contributed by atoms with E-state index in [0.29, 0.717) is 56.3 Å². The van der Waals surface area contributed by atoms with Crippen LogP contribution in [0.2, 0.25) is 0 Å². The zero-order valence-electron chi connectivity index (χ0n) is 17.2. The first kappa shape index (κ1) is 19.9. The van der Waals surface area contributed by atoms with Gasteiger partial charge in [0.25, 0.3) is 11.8 Å². The van der Waals surface area contributed by atoms with Gasteiger partial charge in [0.05, 0.1) is 24.4 Å². The van der Waals surface area contributed by atoms with Gasteiger partial charge in [-0.25, -0.2) is 4.68 Å². The van der Waals surface area contributed by atoms with Gasteiger partial charge in [-0.15, -0.1) is 5.10 Å². The highest BCUT2D eigenvalue weighted by Crippen LogP contribution is 2.27. The van der Waals surface area contributed by atoms with Crippen LogP contribution < -0.4 is 0 Å². The van der Waals surface area contributed by atoms with E-state index in [2.05, 4.69) is 41.5 Å². The molecule has 0 N–H and O–H groups in total. The number of aromatic nitrogens is 3. The Morgan fingerprint density at radius 2 is 1.74 bits per heavy atom. The summed E-state index contributed by atoms with van der Waals surface area (Å²) in [7, 11) is 0. The number of carbonyl (C=O) groups is 2. The molecule has 9 heteroatoms. The van der Waals surface area contributed by atoms with Gasteiger partial charge < -0.3 is 14.5 Å². The monoisotopic (exact) mass is 437 g/mol. The molecular formula is C22H23N5O3S. The number of hydrogen-bond donors (Lipinski definition) is 0. The van der Waals surface area contributed by atoms with Crippen LogP contribution in [0.5, 0.6) is 0 Å². The molecule has 4 heterocycles. The molecular weight excluding hydrogens is 414 g/mol. The van der Waals surface area contributed by atoms with Crippen molar-refractivity contribution in [1.82, 2.24) is 24.8 Å². The van der Waals surface area contributed by atoms with Gasteiger partial charge in [-0.3, -0.25) is 9.59 Å². The summed E-state index contributed by atoms with van der Waals surface area (Å²) < 4.78 is 7.81. The van der Waals surface area contributed by atoms with Gasteiger partial charge >= 0.3 is 0 Å². The normalized spacial score (nSPS) is 18.7. The van der Waals surface area contributed by atoms with E-state index in [0.717, 1.165) is 5.56 Å². The molecule has 2 amide bonds. The molecule has 0 bridgehead atoms. The highest BCUT2D eigenvalue weighted by molar-refractivity contribution is 7.08. The smallest absolute Gasteiger partial charge is 0.276 e. The average molecular weight is 438 g/mol. The Morgan fingerprint density at radius 1 is 1.03 bits per heavy atom. The molecule has 1 fully saturated rings. The zero-order chi connectivity index (χ0) is 21.4. The fourth-order valence-electron chi connectivity index (χ4n) is 3.99. The zero-order valence-corrected chi connectivity index (χ0v) is 18.0. The van der Waals surface area contributed by atoms with Crippen LogP contribution in [-0.2, 0) is 17.9 Å². The number of ether oxygens (including phenoxy) is 1. The molecule has 3 aromatic rings. The third-order valence-electron chi connectivity index (χ3n) is 5.87. The van der Waals surface area contributed by atoms with E-state index in [1.165, 1.54) is 16.9 Å². The second-order valence-corrected chi connectivity index (χ2v) is 8.65. The maximum Gasteiger partial charge on any atom is 0.276 e. The quantitative estimate of drug-likeness (QED) is 0.629. The maximum absolute atomic E-state index is 13.1. The molecule has 2 aromatic heterocycles. The molecule has 2 aliphatic heterocycles. The Bertz CT molecular complexity index is 1090. The highest BCUT2D eigenvalue weighted by atomic mass is 32.1. The number of rotatable bonds is 3. The lowest BCUT2D eigenvalue weighted by atomic mass is 10.1. The minimum Gasteiger partial charge on any atom is -0.365 e. The number of benzene rings is 1. The summed E-state index contributed by atoms with van der Waals surface area (Å²) in [5.41, 5.74) is 4.06. The molecule has 1 saturated heterocycles. The van der Waals surface area contributed by atoms with Crippen LogP contribution in [0, 0.1) is 6.92 Å². The molecule has 31 heavy (non-hydrogen) atoms. The van der Waals surface area contributed by atoms with Crippen LogP contribution in [0.1, 0.15) is 43.8 Å². The molecule has 1 aromatic carbocycles. The molecule has 160 valence electrons. The van der Waals surface area contributed by atoms with Crippen molar-refractivity contribution in [3.63, 3.8) is 0 Å². The number of amides is 2. The van der Waals surface area contributed by atoms with E-state index in [9.17, 15) is 9.59 Å². The number of thiophene rings is 1. The topological polar surface area (TPSA) is 80.6 Å². The van der Waals surface area contributed by atoms with Crippen LogP contribution in [0.3, 0.4) is 0 Å². The Kier molecular flexibility index (Phi) is 5.29. The van der Waals surface area contributed by atoms with E-state index in [1.54, 1.807) is 14.5 Å². The van der Waals surface area contributed by atoms with E-state index in [-0.39, 0.29) is 17.9 Å². The Labute approximate surface area is 184 Å². The maximum atomic E-state index is 13.1. The first-order valence-corrected chi connectivity index (χ1v) is 11.3. The second-order valence-electron chi connectivity index (χ2n) is 7.87. The molecule has 0 spiro atoms. The standard InChI is InChI=1S/C22H23N5O3S/c1-15-2-4-16(5-3-15)19-12-27-18(13-30-19)20(23-24-27)22(29)26-9-7-25(8-10-26)21(28)17-6-11-31-14-17/h2-6,11,14,19H,7-10,12-13H2,1H3/t19-/m1/s1. The van der Waals surface area contributed by atoms with Crippen LogP contribution in [0.4, 0.5) is 0 Å². The lowest BCUT2D eigenvalue weighted by Crippen LogP contribution is -2.50. The molecule has 0 radical (unpaired) electrons. The number of nitrogens with zero attached hydrogens (tertiary/aromatic N) is 5. The fraction of sp³-hybridized carbons (Fsp3) is 0.364. The van der Waals surface area contributed by atoms with Crippen molar-refractivity contribution in [1.29, 1.82) is 0 Å². The van der Waals surface area contributed by atoms with Gasteiger partial charge in [0, 0.05) is 31.6 Å². The van der Waals surface area contributed by atoms with Crippen LogP contribution >= 0.6 is 11.3 Å². The Hall–Kier alpha value is -3.04. The Morgan fingerprint density at radius 3 is 2.42 bits per heavy atom. The van der Waals surface area contributed by atoms with Gasteiger partial charge in [0.2, 0.25) is 0 Å². The summed E-state index contributed by atoms with van der Waals surface area (Å²) in [4.78, 5) is 29.1. The van der Waals surface area contributed by atoms with Crippen molar-refractivity contribution in [2.75, 3.05) is 26.2 Å². The summed E-state index contributed by atoms with van der Waals surface area (Å²) >= 11 is 1.51. The first-order valence-electron chi connectivity index (χ1n) is 10.3. The van der Waals surface area contributed by atoms with Gasteiger partial charge in [0.1, 0.15) is 6.10 Å². The number of carbonyl (C=O) groups excluding carboxylic acids is 2. The van der Waals surface area contributed by atoms with Crippen LogP contribution in [0.15, 0.2) is 41.1 Å². The lowest BCUT2D eigenvalue weighted by molar-refractivity contribution is -0.00203. The van der Waals surface area contributed by atoms with E-state index >= 15 is 0 Å². The summed E-state index contributed by atoms with van der Waals surface area (Å²) in [5, 5.41) is 12.1. The molecule has 5 rings (SSSR count). The molecule has 0 saturated carbocycles. The highest BCUT2D eigenvalue weighted by Gasteiger charge is 2.32. The van der Waals surface area contributed by atoms with E-state index < -0.39 is 0 Å². The van der Waals surface area contributed by atoms with Crippen molar-refractivity contribution in [3.05, 3.63) is 69.2 Å². The third kappa shape index (κ3) is 3.86. The van der Waals surface area contributed by atoms with Crippen molar-refractivity contribution in [3.8, 4) is 0 Å². The van der Waals surface area contributed by atoms with Crippen molar-refractivity contribution in [2.24, 2.45) is 0 Å². The average Bonchev–Trinajstić information content (AvgIpc) is 3.49. The van der Waals surface area contributed by atoms with Crippen molar-refractivity contribution < 1.29 is 14.3 Å². The Balaban J connectivity index is 1.24. The molecule has 0 unspecified atom stereocenters. The molecule has 8 nitrogen and oxygen atoms in total. The predicted octanol–water partition coefficient (Wildman–Crippen LogP) is 2.52. The molecule has 1 atom stereocenters. The van der Waals surface area contributed by atoms with Crippen molar-refractivity contribution in [2.45, 2.75) is 26.2 Å². The summed E-state index contributed by atoms with van der Waals surface area (Å²) in [5.74, 6) is -0.133. The number of aryl methyl sites for hydroxylation is 1. The second kappa shape index (κ2) is 8.24. The van der Waals surface area contributed by atoms with E-state index in [1.807, 2.05) is 16.8 Å². The fourth-order valence-corrected chi connectivity index (χ4v) is 4.62. The van der Waals surface area contributed by atoms with Gasteiger partial charge in [-0.05, 0) is 23.9 Å². The minimum atomic E-state index is -0.152. The number of piperazine rings is 1. The predicted molar refractivity (Wildman–Crippen MR) is 115 cm³/mol. The largest absolute Gasteiger partial charge is 0.365 e. The van der Waals surface area contributed by atoms with Gasteiger partial charge in [-0.2, -0.15) is 11.3 Å². The van der Waals surface area contributed by atoms with Crippen LogP contribution in [0.25, 0.3) is 0 Å². The number of fused-ring (bicyclic) bond motifs is 1. The summed E-state index contributed by atoms with van der Waals surface area (Å²) in [6.07, 6.45) is -0.107. The summed E-state index contributed by atoms with van der Waals surface area (Å²) in [6, 6.07) is 10.1. The summed E-state index contributed by atoms with van der Waals surface area (Å²) in [6.45, 7) is 4.86. The molecule has 0 aliphatic carbocycles.